The lowest BCUT2D eigenvalue weighted by Crippen LogP contribution is -2.42. The van der Waals surface area contributed by atoms with Crippen LogP contribution in [0.15, 0.2) is 83.8 Å². The standard InChI is InChI=1S/C25H27ClN2O4S/c1-3-22(19-10-6-5-7-11-19)27-25(29)18-28(23-12-8-9-13-24(23)32-4-2)33(30,31)21-16-14-20(26)15-17-21/h5-17,22H,3-4,18H2,1-2H3,(H,27,29)/t22-/m0/s1. The van der Waals surface area contributed by atoms with Gasteiger partial charge in [0.15, 0.2) is 0 Å². The summed E-state index contributed by atoms with van der Waals surface area (Å²) in [6, 6.07) is 22.0. The summed E-state index contributed by atoms with van der Waals surface area (Å²) >= 11 is 5.95. The van der Waals surface area contributed by atoms with Crippen LogP contribution in [0.2, 0.25) is 5.02 Å². The molecule has 0 aliphatic rings. The lowest BCUT2D eigenvalue weighted by Gasteiger charge is -2.27. The summed E-state index contributed by atoms with van der Waals surface area (Å²) in [7, 11) is -4.08. The van der Waals surface area contributed by atoms with Gasteiger partial charge < -0.3 is 10.1 Å². The number of hydrogen-bond acceptors (Lipinski definition) is 4. The van der Waals surface area contributed by atoms with Crippen LogP contribution in [0, 0.1) is 0 Å². The molecule has 0 radical (unpaired) electrons. The number of anilines is 1. The van der Waals surface area contributed by atoms with Crippen LogP contribution in [0.3, 0.4) is 0 Å². The average Bonchev–Trinajstić information content (AvgIpc) is 2.82. The number of benzene rings is 3. The number of nitrogens with one attached hydrogen (secondary N) is 1. The van der Waals surface area contributed by atoms with Crippen molar-refractivity contribution in [3.63, 3.8) is 0 Å². The molecule has 1 N–H and O–H groups in total. The molecule has 0 aromatic heterocycles. The van der Waals surface area contributed by atoms with E-state index in [0.29, 0.717) is 23.8 Å². The van der Waals surface area contributed by atoms with Crippen LogP contribution in [-0.4, -0.2) is 27.5 Å². The Morgan fingerprint density at radius 1 is 0.970 bits per heavy atom. The fourth-order valence-electron chi connectivity index (χ4n) is 3.45. The van der Waals surface area contributed by atoms with Crippen LogP contribution in [0.1, 0.15) is 31.9 Å². The normalized spacial score (nSPS) is 12.1. The topological polar surface area (TPSA) is 75.7 Å². The molecule has 0 fully saturated rings. The van der Waals surface area contributed by atoms with Gasteiger partial charge in [-0.25, -0.2) is 8.42 Å². The highest BCUT2D eigenvalue weighted by Crippen LogP contribution is 2.33. The molecule has 3 rings (SSSR count). The van der Waals surface area contributed by atoms with Crippen LogP contribution in [-0.2, 0) is 14.8 Å². The van der Waals surface area contributed by atoms with E-state index in [2.05, 4.69) is 5.32 Å². The molecular formula is C25H27ClN2O4S. The van der Waals surface area contributed by atoms with Gasteiger partial charge in [-0.2, -0.15) is 0 Å². The van der Waals surface area contributed by atoms with E-state index in [4.69, 9.17) is 16.3 Å². The molecule has 174 valence electrons. The summed E-state index contributed by atoms with van der Waals surface area (Å²) < 4.78 is 34.0. The Balaban J connectivity index is 1.97. The molecule has 1 amide bonds. The number of ether oxygens (including phenoxy) is 1. The molecule has 6 nitrogen and oxygen atoms in total. The quantitative estimate of drug-likeness (QED) is 0.427. The molecule has 0 spiro atoms. The molecule has 0 aliphatic carbocycles. The molecule has 1 atom stereocenters. The Hall–Kier alpha value is -3.03. The number of nitrogens with zero attached hydrogens (tertiary/aromatic N) is 1. The van der Waals surface area contributed by atoms with Gasteiger partial charge in [0.05, 0.1) is 23.2 Å². The van der Waals surface area contributed by atoms with E-state index in [1.54, 1.807) is 24.3 Å². The molecule has 0 aliphatic heterocycles. The van der Waals surface area contributed by atoms with Gasteiger partial charge in [0.1, 0.15) is 12.3 Å². The Kier molecular flexibility index (Phi) is 8.36. The van der Waals surface area contributed by atoms with Gasteiger partial charge in [-0.05, 0) is 55.3 Å². The van der Waals surface area contributed by atoms with E-state index in [1.165, 1.54) is 24.3 Å². The summed E-state index contributed by atoms with van der Waals surface area (Å²) in [5.74, 6) is -0.0463. The molecule has 0 heterocycles. The zero-order valence-corrected chi connectivity index (χ0v) is 20.1. The third-order valence-corrected chi connectivity index (χ3v) is 7.09. The van der Waals surface area contributed by atoms with E-state index < -0.39 is 22.5 Å². The zero-order chi connectivity index (χ0) is 23.8. The monoisotopic (exact) mass is 486 g/mol. The van der Waals surface area contributed by atoms with Gasteiger partial charge in [0.2, 0.25) is 5.91 Å². The van der Waals surface area contributed by atoms with Crippen molar-refractivity contribution in [2.75, 3.05) is 17.5 Å². The lowest BCUT2D eigenvalue weighted by molar-refractivity contribution is -0.120. The number of sulfonamides is 1. The number of rotatable bonds is 10. The molecule has 0 saturated carbocycles. The largest absolute Gasteiger partial charge is 0.492 e. The third-order valence-electron chi connectivity index (χ3n) is 5.07. The number of carbonyl (C=O) groups is 1. The molecule has 0 saturated heterocycles. The first-order chi connectivity index (χ1) is 15.9. The van der Waals surface area contributed by atoms with Gasteiger partial charge in [-0.15, -0.1) is 0 Å². The van der Waals surface area contributed by atoms with E-state index >= 15 is 0 Å². The van der Waals surface area contributed by atoms with Crippen molar-refractivity contribution >= 4 is 33.2 Å². The van der Waals surface area contributed by atoms with E-state index in [-0.39, 0.29) is 16.6 Å². The van der Waals surface area contributed by atoms with Crippen molar-refractivity contribution in [3.05, 3.63) is 89.4 Å². The lowest BCUT2D eigenvalue weighted by atomic mass is 10.0. The number of hydrogen-bond donors (Lipinski definition) is 1. The average molecular weight is 487 g/mol. The van der Waals surface area contributed by atoms with E-state index in [9.17, 15) is 13.2 Å². The second kappa shape index (κ2) is 11.2. The summed E-state index contributed by atoms with van der Waals surface area (Å²) in [5, 5.41) is 3.38. The second-order valence-corrected chi connectivity index (χ2v) is 9.60. The van der Waals surface area contributed by atoms with Gasteiger partial charge in [-0.3, -0.25) is 9.10 Å². The number of amides is 1. The Labute approximate surface area is 200 Å². The van der Waals surface area contributed by atoms with Crippen molar-refractivity contribution in [2.24, 2.45) is 0 Å². The van der Waals surface area contributed by atoms with Crippen LogP contribution in [0.4, 0.5) is 5.69 Å². The third kappa shape index (κ3) is 6.06. The van der Waals surface area contributed by atoms with Crippen LogP contribution >= 0.6 is 11.6 Å². The van der Waals surface area contributed by atoms with Crippen LogP contribution in [0.5, 0.6) is 5.75 Å². The van der Waals surface area contributed by atoms with E-state index in [0.717, 1.165) is 9.87 Å². The molecule has 0 bridgehead atoms. The highest BCUT2D eigenvalue weighted by molar-refractivity contribution is 7.92. The Morgan fingerprint density at radius 2 is 1.61 bits per heavy atom. The first-order valence-corrected chi connectivity index (χ1v) is 12.5. The smallest absolute Gasteiger partial charge is 0.264 e. The molecule has 3 aromatic carbocycles. The fourth-order valence-corrected chi connectivity index (χ4v) is 5.01. The van der Waals surface area contributed by atoms with Crippen molar-refractivity contribution < 1.29 is 17.9 Å². The van der Waals surface area contributed by atoms with Crippen LogP contribution in [0.25, 0.3) is 0 Å². The van der Waals surface area contributed by atoms with Crippen molar-refractivity contribution in [1.82, 2.24) is 5.32 Å². The number of halogens is 1. The Bertz CT molecular complexity index is 1170. The second-order valence-electron chi connectivity index (χ2n) is 7.31. The molecule has 8 heteroatoms. The molecular weight excluding hydrogens is 460 g/mol. The predicted octanol–water partition coefficient (Wildman–Crippen LogP) is 5.20. The van der Waals surface area contributed by atoms with Crippen molar-refractivity contribution in [1.29, 1.82) is 0 Å². The summed E-state index contributed by atoms with van der Waals surface area (Å²) in [6.07, 6.45) is 0.662. The highest BCUT2D eigenvalue weighted by Gasteiger charge is 2.30. The minimum Gasteiger partial charge on any atom is -0.492 e. The minimum absolute atomic E-state index is 0.0288. The first kappa shape index (κ1) is 24.6. The van der Waals surface area contributed by atoms with Crippen molar-refractivity contribution in [3.8, 4) is 5.75 Å². The molecule has 0 unspecified atom stereocenters. The Morgan fingerprint density at radius 3 is 2.24 bits per heavy atom. The molecule has 33 heavy (non-hydrogen) atoms. The maximum Gasteiger partial charge on any atom is 0.264 e. The SMILES string of the molecule is CCOc1ccccc1N(CC(=O)N[C@@H](CC)c1ccccc1)S(=O)(=O)c1ccc(Cl)cc1. The summed E-state index contributed by atoms with van der Waals surface area (Å²) in [6.45, 7) is 3.72. The van der Waals surface area contributed by atoms with E-state index in [1.807, 2.05) is 44.2 Å². The van der Waals surface area contributed by atoms with Gasteiger partial charge in [-0.1, -0.05) is 61.0 Å². The zero-order valence-electron chi connectivity index (χ0n) is 18.6. The van der Waals surface area contributed by atoms with Gasteiger partial charge >= 0.3 is 0 Å². The maximum absolute atomic E-state index is 13.6. The summed E-state index contributed by atoms with van der Waals surface area (Å²) in [4.78, 5) is 13.1. The number of para-hydroxylation sites is 2. The van der Waals surface area contributed by atoms with Crippen LogP contribution < -0.4 is 14.4 Å². The number of carbonyl (C=O) groups excluding carboxylic acids is 1. The van der Waals surface area contributed by atoms with Crippen molar-refractivity contribution in [2.45, 2.75) is 31.2 Å². The summed E-state index contributed by atoms with van der Waals surface area (Å²) in [5.41, 5.74) is 1.24. The van der Waals surface area contributed by atoms with Gasteiger partial charge in [0, 0.05) is 5.02 Å². The molecule has 3 aromatic rings. The highest BCUT2D eigenvalue weighted by atomic mass is 35.5. The first-order valence-electron chi connectivity index (χ1n) is 10.7. The van der Waals surface area contributed by atoms with Gasteiger partial charge in [0.25, 0.3) is 10.0 Å². The minimum atomic E-state index is -4.08. The maximum atomic E-state index is 13.6. The fraction of sp³-hybridized carbons (Fsp3) is 0.240. The predicted molar refractivity (Wildman–Crippen MR) is 131 cm³/mol.